The molecule has 0 saturated carbocycles. The normalized spacial score (nSPS) is 12.4. The summed E-state index contributed by atoms with van der Waals surface area (Å²) in [6.07, 6.45) is -4.50. The van der Waals surface area contributed by atoms with Crippen LogP contribution in [0.2, 0.25) is 0 Å². The van der Waals surface area contributed by atoms with Crippen molar-refractivity contribution in [3.8, 4) is 5.75 Å². The molecule has 1 aromatic rings. The summed E-state index contributed by atoms with van der Waals surface area (Å²) in [7, 11) is 1.38. The van der Waals surface area contributed by atoms with Gasteiger partial charge in [0.25, 0.3) is 0 Å². The molecule has 0 aliphatic heterocycles. The SMILES string of the molecule is CC(CN(C)C(=O)Nc1ccccc1OCC(F)(F)F)C(=O)O. The van der Waals surface area contributed by atoms with E-state index in [4.69, 9.17) is 5.11 Å². The molecule has 0 fully saturated rings. The van der Waals surface area contributed by atoms with Crippen molar-refractivity contribution < 1.29 is 32.6 Å². The highest BCUT2D eigenvalue weighted by Gasteiger charge is 2.29. The third kappa shape index (κ3) is 6.45. The van der Waals surface area contributed by atoms with E-state index in [1.165, 1.54) is 38.2 Å². The van der Waals surface area contributed by atoms with Crippen LogP contribution in [0.4, 0.5) is 23.7 Å². The Morgan fingerprint density at radius 2 is 1.96 bits per heavy atom. The molecule has 1 atom stereocenters. The Bertz CT molecular complexity index is 563. The number of benzene rings is 1. The minimum Gasteiger partial charge on any atom is -0.482 e. The number of anilines is 1. The third-order valence-corrected chi connectivity index (χ3v) is 2.84. The van der Waals surface area contributed by atoms with Crippen LogP contribution in [0.5, 0.6) is 5.75 Å². The molecule has 0 saturated heterocycles. The van der Waals surface area contributed by atoms with Gasteiger partial charge in [0.1, 0.15) is 5.75 Å². The molecule has 128 valence electrons. The minimum absolute atomic E-state index is 0.0489. The van der Waals surface area contributed by atoms with E-state index >= 15 is 0 Å². The Hall–Kier alpha value is -2.45. The zero-order valence-electron chi connectivity index (χ0n) is 12.6. The highest BCUT2D eigenvalue weighted by atomic mass is 19.4. The average Bonchev–Trinajstić information content (AvgIpc) is 2.45. The predicted molar refractivity (Wildman–Crippen MR) is 76.4 cm³/mol. The Morgan fingerprint density at radius 3 is 2.52 bits per heavy atom. The summed E-state index contributed by atoms with van der Waals surface area (Å²) >= 11 is 0. The van der Waals surface area contributed by atoms with E-state index < -0.39 is 30.7 Å². The molecule has 0 spiro atoms. The fourth-order valence-corrected chi connectivity index (χ4v) is 1.64. The zero-order chi connectivity index (χ0) is 17.6. The highest BCUT2D eigenvalue weighted by molar-refractivity contribution is 5.91. The van der Waals surface area contributed by atoms with Gasteiger partial charge >= 0.3 is 18.2 Å². The van der Waals surface area contributed by atoms with Crippen LogP contribution < -0.4 is 10.1 Å². The lowest BCUT2D eigenvalue weighted by Crippen LogP contribution is -2.36. The largest absolute Gasteiger partial charge is 0.482 e. The van der Waals surface area contributed by atoms with E-state index in [0.717, 1.165) is 4.90 Å². The predicted octanol–water partition coefficient (Wildman–Crippen LogP) is 2.81. The van der Waals surface area contributed by atoms with Gasteiger partial charge in [-0.1, -0.05) is 19.1 Å². The van der Waals surface area contributed by atoms with Crippen molar-refractivity contribution in [3.05, 3.63) is 24.3 Å². The number of amides is 2. The second kappa shape index (κ2) is 7.70. The average molecular weight is 334 g/mol. The molecule has 2 amide bonds. The van der Waals surface area contributed by atoms with Gasteiger partial charge in [-0.05, 0) is 12.1 Å². The Balaban J connectivity index is 2.72. The molecule has 1 unspecified atom stereocenters. The molecule has 9 heteroatoms. The van der Waals surface area contributed by atoms with Gasteiger partial charge in [0, 0.05) is 13.6 Å². The van der Waals surface area contributed by atoms with Crippen LogP contribution in [0.25, 0.3) is 0 Å². The Morgan fingerprint density at radius 1 is 1.35 bits per heavy atom. The summed E-state index contributed by atoms with van der Waals surface area (Å²) in [5.74, 6) is -1.96. The summed E-state index contributed by atoms with van der Waals surface area (Å²) in [6, 6.07) is 5.02. The van der Waals surface area contributed by atoms with E-state index in [9.17, 15) is 22.8 Å². The van der Waals surface area contributed by atoms with Crippen LogP contribution in [0, 0.1) is 5.92 Å². The Kier molecular flexibility index (Phi) is 6.23. The van der Waals surface area contributed by atoms with Gasteiger partial charge in [-0.25, -0.2) is 4.79 Å². The second-order valence-electron chi connectivity index (χ2n) is 4.95. The van der Waals surface area contributed by atoms with E-state index in [2.05, 4.69) is 10.1 Å². The van der Waals surface area contributed by atoms with Crippen molar-refractivity contribution in [2.45, 2.75) is 13.1 Å². The molecule has 1 rings (SSSR count). The number of aliphatic carboxylic acids is 1. The van der Waals surface area contributed by atoms with E-state index in [1.54, 1.807) is 0 Å². The first-order valence-electron chi connectivity index (χ1n) is 6.63. The molecule has 1 aromatic carbocycles. The van der Waals surface area contributed by atoms with Crippen molar-refractivity contribution in [1.82, 2.24) is 4.90 Å². The van der Waals surface area contributed by atoms with Gasteiger partial charge in [-0.3, -0.25) is 4.79 Å². The molecule has 0 bridgehead atoms. The van der Waals surface area contributed by atoms with Crippen LogP contribution in [0.15, 0.2) is 24.3 Å². The number of hydrogen-bond donors (Lipinski definition) is 2. The molecular weight excluding hydrogens is 317 g/mol. The standard InChI is InChI=1S/C14H17F3N2O4/c1-9(12(20)21)7-19(2)13(22)18-10-5-3-4-6-11(10)23-8-14(15,16)17/h3-6,9H,7-8H2,1-2H3,(H,18,22)(H,20,21). The van der Waals surface area contributed by atoms with Crippen molar-refractivity contribution in [2.75, 3.05) is 25.5 Å². The number of rotatable bonds is 6. The van der Waals surface area contributed by atoms with Crippen LogP contribution in [0.1, 0.15) is 6.92 Å². The summed E-state index contributed by atoms with van der Waals surface area (Å²) in [5.41, 5.74) is 0.0663. The van der Waals surface area contributed by atoms with Crippen molar-refractivity contribution in [2.24, 2.45) is 5.92 Å². The fraction of sp³-hybridized carbons (Fsp3) is 0.429. The summed E-state index contributed by atoms with van der Waals surface area (Å²) in [4.78, 5) is 23.9. The summed E-state index contributed by atoms with van der Waals surface area (Å²) in [6.45, 7) is -0.0922. The first kappa shape index (κ1) is 18.6. The smallest absolute Gasteiger partial charge is 0.422 e. The van der Waals surface area contributed by atoms with Crippen molar-refractivity contribution >= 4 is 17.7 Å². The maximum Gasteiger partial charge on any atom is 0.422 e. The third-order valence-electron chi connectivity index (χ3n) is 2.84. The first-order chi connectivity index (χ1) is 10.6. The van der Waals surface area contributed by atoms with Crippen LogP contribution in [-0.2, 0) is 4.79 Å². The summed E-state index contributed by atoms with van der Waals surface area (Å²) in [5, 5.41) is 11.2. The molecule has 0 heterocycles. The topological polar surface area (TPSA) is 78.9 Å². The maximum absolute atomic E-state index is 12.2. The summed E-state index contributed by atoms with van der Waals surface area (Å²) < 4.78 is 41.3. The van der Waals surface area contributed by atoms with Crippen molar-refractivity contribution in [3.63, 3.8) is 0 Å². The minimum atomic E-state index is -4.50. The van der Waals surface area contributed by atoms with E-state index in [0.29, 0.717) is 0 Å². The number of alkyl halides is 3. The number of nitrogens with one attached hydrogen (secondary N) is 1. The number of urea groups is 1. The molecule has 6 nitrogen and oxygen atoms in total. The number of carbonyl (C=O) groups excluding carboxylic acids is 1. The quantitative estimate of drug-likeness (QED) is 0.838. The second-order valence-corrected chi connectivity index (χ2v) is 4.95. The molecule has 0 radical (unpaired) electrons. The maximum atomic E-state index is 12.2. The van der Waals surface area contributed by atoms with Gasteiger partial charge in [0.15, 0.2) is 6.61 Å². The number of para-hydroxylation sites is 2. The number of nitrogens with zero attached hydrogens (tertiary/aromatic N) is 1. The van der Waals surface area contributed by atoms with Gasteiger partial charge in [-0.2, -0.15) is 13.2 Å². The van der Waals surface area contributed by atoms with Crippen molar-refractivity contribution in [1.29, 1.82) is 0 Å². The molecule has 2 N–H and O–H groups in total. The number of halogens is 3. The highest BCUT2D eigenvalue weighted by Crippen LogP contribution is 2.26. The number of carbonyl (C=O) groups is 2. The molecule has 23 heavy (non-hydrogen) atoms. The first-order valence-corrected chi connectivity index (χ1v) is 6.63. The monoisotopic (exact) mass is 334 g/mol. The lowest BCUT2D eigenvalue weighted by Gasteiger charge is -2.21. The zero-order valence-corrected chi connectivity index (χ0v) is 12.6. The van der Waals surface area contributed by atoms with Crippen LogP contribution >= 0.6 is 0 Å². The number of hydrogen-bond acceptors (Lipinski definition) is 3. The molecule has 0 aliphatic rings. The fourth-order valence-electron chi connectivity index (χ4n) is 1.64. The number of ether oxygens (including phenoxy) is 1. The Labute approximate surface area is 130 Å². The van der Waals surface area contributed by atoms with Gasteiger partial charge < -0.3 is 20.1 Å². The van der Waals surface area contributed by atoms with Gasteiger partial charge in [0.2, 0.25) is 0 Å². The molecule has 0 aromatic heterocycles. The van der Waals surface area contributed by atoms with E-state index in [-0.39, 0.29) is 18.0 Å². The van der Waals surface area contributed by atoms with Crippen LogP contribution in [0.3, 0.4) is 0 Å². The number of carboxylic acid groups (broad SMARTS) is 1. The lowest BCUT2D eigenvalue weighted by molar-refractivity contribution is -0.153. The molecule has 0 aliphatic carbocycles. The molecular formula is C14H17F3N2O4. The number of carboxylic acids is 1. The van der Waals surface area contributed by atoms with Gasteiger partial charge in [0.05, 0.1) is 11.6 Å². The lowest BCUT2D eigenvalue weighted by atomic mass is 10.2. The van der Waals surface area contributed by atoms with Gasteiger partial charge in [-0.15, -0.1) is 0 Å². The van der Waals surface area contributed by atoms with E-state index in [1.807, 2.05) is 0 Å². The van der Waals surface area contributed by atoms with Crippen LogP contribution in [-0.4, -0.2) is 48.4 Å².